The summed E-state index contributed by atoms with van der Waals surface area (Å²) in [6.45, 7) is 4.37. The lowest BCUT2D eigenvalue weighted by Gasteiger charge is -2.08. The van der Waals surface area contributed by atoms with E-state index in [1.807, 2.05) is 36.7 Å². The number of halogens is 1. The minimum atomic E-state index is -0.0201. The van der Waals surface area contributed by atoms with Gasteiger partial charge in [-0.15, -0.1) is 10.2 Å². The van der Waals surface area contributed by atoms with Crippen LogP contribution < -0.4 is 4.74 Å². The number of aryl methyl sites for hydroxylation is 1. The smallest absolute Gasteiger partial charge is 0.239 e. The van der Waals surface area contributed by atoms with Crippen molar-refractivity contribution in [2.75, 3.05) is 0 Å². The molecular weight excluding hydrogens is 374 g/mol. The van der Waals surface area contributed by atoms with Gasteiger partial charge in [0.15, 0.2) is 16.8 Å². The fourth-order valence-corrected chi connectivity index (χ4v) is 3.30. The van der Waals surface area contributed by atoms with Crippen molar-refractivity contribution in [3.05, 3.63) is 46.8 Å². The summed E-state index contributed by atoms with van der Waals surface area (Å²) in [6.07, 6.45) is 1.80. The van der Waals surface area contributed by atoms with E-state index < -0.39 is 0 Å². The van der Waals surface area contributed by atoms with E-state index in [9.17, 15) is 0 Å². The van der Waals surface area contributed by atoms with Crippen LogP contribution in [0.15, 0.2) is 33.9 Å². The molecule has 0 aliphatic heterocycles. The summed E-state index contributed by atoms with van der Waals surface area (Å²) >= 11 is 7.61. The van der Waals surface area contributed by atoms with Gasteiger partial charge in [-0.05, 0) is 25.5 Å². The summed E-state index contributed by atoms with van der Waals surface area (Å²) in [5.41, 5.74) is 0. The van der Waals surface area contributed by atoms with Crippen LogP contribution in [-0.2, 0) is 20.1 Å². The van der Waals surface area contributed by atoms with E-state index in [0.717, 1.165) is 23.8 Å². The third-order valence-corrected chi connectivity index (χ3v) is 5.14. The Balaban J connectivity index is 1.63. The number of thioether (sulfide) groups is 1. The first-order chi connectivity index (χ1) is 12.6. The molecule has 0 saturated heterocycles. The van der Waals surface area contributed by atoms with Crippen molar-refractivity contribution in [3.63, 3.8) is 0 Å². The number of benzene rings is 1. The Morgan fingerprint density at radius 2 is 2.12 bits per heavy atom. The molecule has 1 aromatic carbocycles. The molecule has 138 valence electrons. The molecule has 0 saturated carbocycles. The van der Waals surface area contributed by atoms with Crippen molar-refractivity contribution in [1.82, 2.24) is 24.9 Å². The average Bonchev–Trinajstić information content (AvgIpc) is 3.23. The van der Waals surface area contributed by atoms with Crippen LogP contribution in [0, 0.1) is 0 Å². The quantitative estimate of drug-likeness (QED) is 0.529. The molecule has 0 spiro atoms. The zero-order chi connectivity index (χ0) is 18.5. The highest BCUT2D eigenvalue weighted by Gasteiger charge is 2.19. The molecule has 0 fully saturated rings. The van der Waals surface area contributed by atoms with Crippen LogP contribution in [0.2, 0.25) is 5.02 Å². The van der Waals surface area contributed by atoms with Crippen molar-refractivity contribution < 1.29 is 9.26 Å². The lowest BCUT2D eigenvalue weighted by molar-refractivity contribution is 0.290. The second kappa shape index (κ2) is 8.55. The maximum absolute atomic E-state index is 6.10. The Kier molecular flexibility index (Phi) is 6.16. The summed E-state index contributed by atoms with van der Waals surface area (Å²) < 4.78 is 13.0. The SMILES string of the molecule is CCCc1noc([C@@H](C)Sc2nnc(COc3ccccc3Cl)n2C)n1. The maximum atomic E-state index is 6.10. The van der Waals surface area contributed by atoms with E-state index in [1.165, 1.54) is 11.8 Å². The molecule has 2 aromatic heterocycles. The predicted molar refractivity (Wildman–Crippen MR) is 99.4 cm³/mol. The van der Waals surface area contributed by atoms with Crippen LogP contribution in [0.5, 0.6) is 5.75 Å². The monoisotopic (exact) mass is 393 g/mol. The Labute approximate surface area is 161 Å². The molecule has 0 aliphatic rings. The lowest BCUT2D eigenvalue weighted by Crippen LogP contribution is -2.05. The van der Waals surface area contributed by atoms with Gasteiger partial charge in [-0.3, -0.25) is 0 Å². The molecule has 0 N–H and O–H groups in total. The molecule has 9 heteroatoms. The lowest BCUT2D eigenvalue weighted by atomic mass is 10.3. The van der Waals surface area contributed by atoms with Gasteiger partial charge in [-0.1, -0.05) is 47.6 Å². The van der Waals surface area contributed by atoms with E-state index in [-0.39, 0.29) is 11.9 Å². The number of rotatable bonds is 8. The summed E-state index contributed by atoms with van der Waals surface area (Å²) in [7, 11) is 1.90. The number of para-hydroxylation sites is 1. The molecular formula is C17H20ClN5O2S. The molecule has 0 bridgehead atoms. The van der Waals surface area contributed by atoms with Crippen LogP contribution >= 0.6 is 23.4 Å². The summed E-state index contributed by atoms with van der Waals surface area (Å²) in [5, 5.41) is 13.7. The van der Waals surface area contributed by atoms with Gasteiger partial charge in [0.2, 0.25) is 5.89 Å². The van der Waals surface area contributed by atoms with Crippen molar-refractivity contribution in [3.8, 4) is 5.75 Å². The van der Waals surface area contributed by atoms with Gasteiger partial charge >= 0.3 is 0 Å². The number of aromatic nitrogens is 5. The van der Waals surface area contributed by atoms with Gasteiger partial charge < -0.3 is 13.8 Å². The van der Waals surface area contributed by atoms with E-state index >= 15 is 0 Å². The van der Waals surface area contributed by atoms with Crippen molar-refractivity contribution in [2.45, 2.75) is 43.7 Å². The highest BCUT2D eigenvalue weighted by molar-refractivity contribution is 7.99. The Bertz CT molecular complexity index is 866. The molecule has 0 amide bonds. The zero-order valence-electron chi connectivity index (χ0n) is 14.8. The van der Waals surface area contributed by atoms with E-state index in [2.05, 4.69) is 27.3 Å². The van der Waals surface area contributed by atoms with E-state index in [1.54, 1.807) is 6.07 Å². The van der Waals surface area contributed by atoms with Crippen LogP contribution in [0.1, 0.15) is 43.1 Å². The first-order valence-electron chi connectivity index (χ1n) is 8.33. The molecule has 0 aliphatic carbocycles. The van der Waals surface area contributed by atoms with Crippen molar-refractivity contribution >= 4 is 23.4 Å². The van der Waals surface area contributed by atoms with Gasteiger partial charge in [0.25, 0.3) is 0 Å². The zero-order valence-corrected chi connectivity index (χ0v) is 16.4. The van der Waals surface area contributed by atoms with E-state index in [0.29, 0.717) is 22.5 Å². The van der Waals surface area contributed by atoms with Crippen LogP contribution in [0.3, 0.4) is 0 Å². The number of ether oxygens (including phenoxy) is 1. The van der Waals surface area contributed by atoms with Crippen molar-refractivity contribution in [1.29, 1.82) is 0 Å². The topological polar surface area (TPSA) is 78.9 Å². The Morgan fingerprint density at radius 1 is 1.31 bits per heavy atom. The molecule has 26 heavy (non-hydrogen) atoms. The minimum absolute atomic E-state index is 0.0201. The van der Waals surface area contributed by atoms with Gasteiger partial charge in [0, 0.05) is 13.5 Å². The van der Waals surface area contributed by atoms with E-state index in [4.69, 9.17) is 20.9 Å². The minimum Gasteiger partial charge on any atom is -0.484 e. The predicted octanol–water partition coefficient (Wildman–Crippen LogP) is 4.24. The van der Waals surface area contributed by atoms with Crippen LogP contribution in [0.25, 0.3) is 0 Å². The summed E-state index contributed by atoms with van der Waals surface area (Å²) in [4.78, 5) is 4.42. The van der Waals surface area contributed by atoms with Gasteiger partial charge in [-0.2, -0.15) is 4.98 Å². The third kappa shape index (κ3) is 4.37. The standard InChI is InChI=1S/C17H20ClN5O2S/c1-4-7-14-19-16(25-22-14)11(2)26-17-21-20-15(23(17)3)10-24-13-9-6-5-8-12(13)18/h5-6,8-9,11H,4,7,10H2,1-3H3/t11-/m1/s1. The summed E-state index contributed by atoms with van der Waals surface area (Å²) in [6, 6.07) is 7.34. The second-order valence-corrected chi connectivity index (χ2v) is 7.45. The number of nitrogens with zero attached hydrogens (tertiary/aromatic N) is 5. The fourth-order valence-electron chi connectivity index (χ4n) is 2.24. The normalized spacial score (nSPS) is 12.3. The average molecular weight is 394 g/mol. The maximum Gasteiger partial charge on any atom is 0.239 e. The third-order valence-electron chi connectivity index (χ3n) is 3.71. The second-order valence-electron chi connectivity index (χ2n) is 5.74. The molecule has 3 rings (SSSR count). The first kappa shape index (κ1) is 18.7. The fraction of sp³-hybridized carbons (Fsp3) is 0.412. The first-order valence-corrected chi connectivity index (χ1v) is 9.59. The molecule has 3 aromatic rings. The number of hydrogen-bond donors (Lipinski definition) is 0. The number of hydrogen-bond acceptors (Lipinski definition) is 7. The van der Waals surface area contributed by atoms with Crippen LogP contribution in [-0.4, -0.2) is 24.9 Å². The van der Waals surface area contributed by atoms with Crippen LogP contribution in [0.4, 0.5) is 0 Å². The molecule has 1 atom stereocenters. The Morgan fingerprint density at radius 3 is 2.88 bits per heavy atom. The highest BCUT2D eigenvalue weighted by atomic mass is 35.5. The Hall–Kier alpha value is -2.06. The van der Waals surface area contributed by atoms with Gasteiger partial charge in [0.1, 0.15) is 12.4 Å². The largest absolute Gasteiger partial charge is 0.484 e. The highest BCUT2D eigenvalue weighted by Crippen LogP contribution is 2.33. The molecule has 2 heterocycles. The molecule has 7 nitrogen and oxygen atoms in total. The molecule has 0 radical (unpaired) electrons. The molecule has 0 unspecified atom stereocenters. The van der Waals surface area contributed by atoms with Crippen molar-refractivity contribution in [2.24, 2.45) is 7.05 Å². The summed E-state index contributed by atoms with van der Waals surface area (Å²) in [5.74, 6) is 2.66. The van der Waals surface area contributed by atoms with Gasteiger partial charge in [-0.25, -0.2) is 0 Å². The van der Waals surface area contributed by atoms with Gasteiger partial charge in [0.05, 0.1) is 10.3 Å².